The Labute approximate surface area is 178 Å². The summed E-state index contributed by atoms with van der Waals surface area (Å²) in [4.78, 5) is 26.3. The van der Waals surface area contributed by atoms with Gasteiger partial charge in [0.15, 0.2) is 17.3 Å². The average Bonchev–Trinajstić information content (AvgIpc) is 3.22. The Morgan fingerprint density at radius 1 is 1.13 bits per heavy atom. The number of fused-ring (bicyclic) bond motifs is 1. The van der Waals surface area contributed by atoms with Crippen molar-refractivity contribution in [2.24, 2.45) is 0 Å². The Kier molecular flexibility index (Phi) is 4.73. The molecule has 6 nitrogen and oxygen atoms in total. The number of hydrogen-bond donors (Lipinski definition) is 2. The van der Waals surface area contributed by atoms with E-state index in [4.69, 9.17) is 9.47 Å². The van der Waals surface area contributed by atoms with Crippen LogP contribution in [-0.2, 0) is 9.59 Å². The fourth-order valence-electron chi connectivity index (χ4n) is 4.46. The third-order valence-electron chi connectivity index (χ3n) is 5.87. The number of Topliss-reactive ketones (excluding diaryl/α,β-unsaturated/α-hetero) is 1. The van der Waals surface area contributed by atoms with Crippen LogP contribution in [0.5, 0.6) is 11.5 Å². The number of hydrogen-bond acceptors (Lipinski definition) is 5. The Morgan fingerprint density at radius 2 is 1.94 bits per heavy atom. The molecule has 1 amide bonds. The zero-order valence-electron chi connectivity index (χ0n) is 17.0. The van der Waals surface area contributed by atoms with Crippen molar-refractivity contribution in [3.63, 3.8) is 0 Å². The minimum atomic E-state index is -0.578. The molecule has 5 rings (SSSR count). The molecule has 1 atom stereocenters. The third kappa shape index (κ3) is 3.36. The number of carbonyl (C=O) groups is 2. The predicted molar refractivity (Wildman–Crippen MR) is 112 cm³/mol. The van der Waals surface area contributed by atoms with Crippen molar-refractivity contribution in [1.29, 1.82) is 0 Å². The van der Waals surface area contributed by atoms with E-state index in [0.29, 0.717) is 34.8 Å². The van der Waals surface area contributed by atoms with Crippen LogP contribution in [-0.4, -0.2) is 18.5 Å². The molecule has 0 spiro atoms. The lowest BCUT2D eigenvalue weighted by Gasteiger charge is -2.34. The molecule has 2 heterocycles. The van der Waals surface area contributed by atoms with Gasteiger partial charge in [-0.05, 0) is 49.6 Å². The smallest absolute Gasteiger partial charge is 0.254 e. The Bertz CT molecular complexity index is 1170. The normalized spacial score (nSPS) is 19.8. The van der Waals surface area contributed by atoms with Crippen molar-refractivity contribution < 1.29 is 23.5 Å². The number of benzene rings is 2. The minimum absolute atomic E-state index is 0.0140. The quantitative estimate of drug-likeness (QED) is 0.780. The summed E-state index contributed by atoms with van der Waals surface area (Å²) in [6.45, 7) is 1.94. The molecule has 0 saturated heterocycles. The van der Waals surface area contributed by atoms with Gasteiger partial charge in [0.2, 0.25) is 6.79 Å². The first kappa shape index (κ1) is 19.4. The zero-order chi connectivity index (χ0) is 21.5. The van der Waals surface area contributed by atoms with Crippen LogP contribution >= 0.6 is 0 Å². The minimum Gasteiger partial charge on any atom is -0.454 e. The van der Waals surface area contributed by atoms with E-state index in [1.807, 2.05) is 12.1 Å². The summed E-state index contributed by atoms with van der Waals surface area (Å²) in [5.74, 6) is -0.341. The van der Waals surface area contributed by atoms with Crippen LogP contribution in [0.4, 0.5) is 10.1 Å². The molecule has 0 fully saturated rings. The SMILES string of the molecule is CC1=C(C(=O)Nc2ccccc2F)C(c2ccc3c(c2)OCO3)C2=C(CCCC2=O)N1. The molecular weight excluding hydrogens is 399 g/mol. The van der Waals surface area contributed by atoms with Gasteiger partial charge in [0.25, 0.3) is 5.91 Å². The lowest BCUT2D eigenvalue weighted by atomic mass is 9.75. The van der Waals surface area contributed by atoms with E-state index in [0.717, 1.165) is 24.1 Å². The number of halogens is 1. The van der Waals surface area contributed by atoms with Gasteiger partial charge in [0.05, 0.1) is 5.69 Å². The van der Waals surface area contributed by atoms with Crippen molar-refractivity contribution in [1.82, 2.24) is 5.32 Å². The number of allylic oxidation sites excluding steroid dienone is 3. The maximum atomic E-state index is 14.2. The van der Waals surface area contributed by atoms with Crippen molar-refractivity contribution >= 4 is 17.4 Å². The number of dihydropyridines is 1. The second-order valence-corrected chi connectivity index (χ2v) is 7.81. The molecule has 2 N–H and O–H groups in total. The van der Waals surface area contributed by atoms with Crippen molar-refractivity contribution in [3.8, 4) is 11.5 Å². The summed E-state index contributed by atoms with van der Waals surface area (Å²) in [6.07, 6.45) is 1.94. The fourth-order valence-corrected chi connectivity index (χ4v) is 4.46. The molecule has 0 bridgehead atoms. The molecule has 1 aliphatic carbocycles. The molecule has 0 saturated carbocycles. The lowest BCUT2D eigenvalue weighted by molar-refractivity contribution is -0.116. The summed E-state index contributed by atoms with van der Waals surface area (Å²) in [5.41, 5.74) is 3.31. The topological polar surface area (TPSA) is 76.7 Å². The number of carbonyl (C=O) groups excluding carboxylic acids is 2. The zero-order valence-corrected chi connectivity index (χ0v) is 17.0. The third-order valence-corrected chi connectivity index (χ3v) is 5.87. The highest BCUT2D eigenvalue weighted by Gasteiger charge is 2.39. The molecular formula is C24H21FN2O4. The summed E-state index contributed by atoms with van der Waals surface area (Å²) < 4.78 is 25.1. The van der Waals surface area contributed by atoms with Crippen LogP contribution in [0.1, 0.15) is 37.7 Å². The number of ketones is 1. The van der Waals surface area contributed by atoms with Gasteiger partial charge < -0.3 is 20.1 Å². The maximum Gasteiger partial charge on any atom is 0.254 e. The number of nitrogens with one attached hydrogen (secondary N) is 2. The van der Waals surface area contributed by atoms with Gasteiger partial charge >= 0.3 is 0 Å². The Balaban J connectivity index is 1.60. The summed E-state index contributed by atoms with van der Waals surface area (Å²) in [6, 6.07) is 11.5. The predicted octanol–water partition coefficient (Wildman–Crippen LogP) is 4.16. The van der Waals surface area contributed by atoms with E-state index >= 15 is 0 Å². The molecule has 7 heteroatoms. The van der Waals surface area contributed by atoms with Crippen molar-refractivity contribution in [2.75, 3.05) is 12.1 Å². The number of para-hydroxylation sites is 1. The first-order chi connectivity index (χ1) is 15.0. The molecule has 0 radical (unpaired) electrons. The molecule has 0 aromatic heterocycles. The van der Waals surface area contributed by atoms with E-state index in [-0.39, 0.29) is 18.3 Å². The van der Waals surface area contributed by atoms with E-state index < -0.39 is 17.6 Å². The molecule has 31 heavy (non-hydrogen) atoms. The van der Waals surface area contributed by atoms with Crippen LogP contribution in [0.2, 0.25) is 0 Å². The van der Waals surface area contributed by atoms with Gasteiger partial charge in [-0.15, -0.1) is 0 Å². The fraction of sp³-hybridized carbons (Fsp3) is 0.250. The van der Waals surface area contributed by atoms with Gasteiger partial charge in [-0.1, -0.05) is 18.2 Å². The van der Waals surface area contributed by atoms with Crippen LogP contribution in [0.15, 0.2) is 65.0 Å². The van der Waals surface area contributed by atoms with Crippen LogP contribution in [0.25, 0.3) is 0 Å². The van der Waals surface area contributed by atoms with E-state index in [1.165, 1.54) is 12.1 Å². The van der Waals surface area contributed by atoms with Gasteiger partial charge in [0.1, 0.15) is 5.82 Å². The lowest BCUT2D eigenvalue weighted by Crippen LogP contribution is -2.35. The number of rotatable bonds is 3. The second kappa shape index (κ2) is 7.58. The van der Waals surface area contributed by atoms with Crippen LogP contribution in [0.3, 0.4) is 0 Å². The van der Waals surface area contributed by atoms with E-state index in [1.54, 1.807) is 25.1 Å². The summed E-state index contributed by atoms with van der Waals surface area (Å²) in [7, 11) is 0. The standard InChI is InChI=1S/C24H21FN2O4/c1-13-21(24(29)27-16-6-3-2-5-15(16)25)22(23-17(26-13)7-4-8-18(23)28)14-9-10-19-20(11-14)31-12-30-19/h2-3,5-6,9-11,22,26H,4,7-8,12H2,1H3,(H,27,29). The second-order valence-electron chi connectivity index (χ2n) is 7.81. The van der Waals surface area contributed by atoms with Crippen LogP contribution < -0.4 is 20.1 Å². The Hall–Kier alpha value is -3.61. The van der Waals surface area contributed by atoms with Crippen LogP contribution in [0, 0.1) is 5.82 Å². The average molecular weight is 420 g/mol. The van der Waals surface area contributed by atoms with E-state index in [2.05, 4.69) is 10.6 Å². The molecule has 2 aromatic carbocycles. The van der Waals surface area contributed by atoms with Gasteiger partial charge in [-0.2, -0.15) is 0 Å². The molecule has 2 aromatic rings. The maximum absolute atomic E-state index is 14.2. The first-order valence-corrected chi connectivity index (χ1v) is 10.2. The number of anilines is 1. The number of amides is 1. The highest BCUT2D eigenvalue weighted by atomic mass is 19.1. The van der Waals surface area contributed by atoms with Gasteiger partial charge in [0, 0.05) is 34.9 Å². The summed E-state index contributed by atoms with van der Waals surface area (Å²) >= 11 is 0. The molecule has 2 aliphatic heterocycles. The largest absolute Gasteiger partial charge is 0.454 e. The van der Waals surface area contributed by atoms with Gasteiger partial charge in [-0.3, -0.25) is 9.59 Å². The number of ether oxygens (including phenoxy) is 2. The Morgan fingerprint density at radius 3 is 2.77 bits per heavy atom. The molecule has 158 valence electrons. The molecule has 1 unspecified atom stereocenters. The molecule has 3 aliphatic rings. The monoisotopic (exact) mass is 420 g/mol. The highest BCUT2D eigenvalue weighted by molar-refractivity contribution is 6.09. The highest BCUT2D eigenvalue weighted by Crippen LogP contribution is 2.45. The van der Waals surface area contributed by atoms with Gasteiger partial charge in [-0.25, -0.2) is 4.39 Å². The van der Waals surface area contributed by atoms with Crippen molar-refractivity contribution in [2.45, 2.75) is 32.1 Å². The first-order valence-electron chi connectivity index (χ1n) is 10.2. The summed E-state index contributed by atoms with van der Waals surface area (Å²) in [5, 5.41) is 5.93. The van der Waals surface area contributed by atoms with E-state index in [9.17, 15) is 14.0 Å². The van der Waals surface area contributed by atoms with Crippen molar-refractivity contribution in [3.05, 3.63) is 76.4 Å².